The molecule has 4 N–H and O–H groups in total. The van der Waals surface area contributed by atoms with Crippen LogP contribution >= 0.6 is 0 Å². The molecule has 3 aromatic rings. The third-order valence-electron chi connectivity index (χ3n) is 7.71. The summed E-state index contributed by atoms with van der Waals surface area (Å²) in [7, 11) is 0. The van der Waals surface area contributed by atoms with Crippen LogP contribution < -0.4 is 21.3 Å². The Hall–Kier alpha value is -4.46. The number of nitrogens with one attached hydrogen (secondary N) is 4. The van der Waals surface area contributed by atoms with Crippen molar-refractivity contribution in [1.82, 2.24) is 21.3 Å². The van der Waals surface area contributed by atoms with E-state index < -0.39 is 23.9 Å². The van der Waals surface area contributed by atoms with E-state index in [0.29, 0.717) is 18.5 Å². The van der Waals surface area contributed by atoms with Crippen LogP contribution in [0.25, 0.3) is 11.1 Å². The Morgan fingerprint density at radius 2 is 1.43 bits per heavy atom. The summed E-state index contributed by atoms with van der Waals surface area (Å²) in [5.74, 6) is -1.69. The number of rotatable bonds is 12. The van der Waals surface area contributed by atoms with E-state index in [1.165, 1.54) is 0 Å². The molecule has 4 rings (SSSR count). The second kappa shape index (κ2) is 15.0. The number of benzene rings is 3. The molecule has 220 valence electrons. The van der Waals surface area contributed by atoms with E-state index in [2.05, 4.69) is 21.3 Å². The standard InChI is InChI=1S/C34H40N4O4/c1-3-23(2)36-33(41)30(22-28-15-10-20-35-31(28)39)38-34(42)29(21-24-11-6-4-7-12-24)37-32(40)27-18-16-26(17-19-27)25-13-8-5-9-14-25/h4-9,11-14,16-19,23,28-30H,3,10,15,20-22H2,1-2H3,(H,35,39)(H,36,41)(H,37,40)(H,38,42)/t23?,28-,29+,30-/m1/s1. The molecule has 3 aromatic carbocycles. The van der Waals surface area contributed by atoms with Crippen LogP contribution in [0.3, 0.4) is 0 Å². The van der Waals surface area contributed by atoms with Crippen molar-refractivity contribution >= 4 is 23.6 Å². The van der Waals surface area contributed by atoms with Crippen LogP contribution in [0.15, 0.2) is 84.9 Å². The summed E-state index contributed by atoms with van der Waals surface area (Å²) >= 11 is 0. The van der Waals surface area contributed by atoms with E-state index in [0.717, 1.165) is 29.5 Å². The zero-order valence-corrected chi connectivity index (χ0v) is 24.3. The Kier molecular flexibility index (Phi) is 10.9. The predicted molar refractivity (Wildman–Crippen MR) is 163 cm³/mol. The van der Waals surface area contributed by atoms with Gasteiger partial charge in [-0.1, -0.05) is 79.7 Å². The average molecular weight is 569 g/mol. The van der Waals surface area contributed by atoms with Gasteiger partial charge in [0.2, 0.25) is 17.7 Å². The molecule has 0 saturated carbocycles. The smallest absolute Gasteiger partial charge is 0.251 e. The van der Waals surface area contributed by atoms with Gasteiger partial charge in [0.05, 0.1) is 0 Å². The first-order valence-electron chi connectivity index (χ1n) is 14.7. The average Bonchev–Trinajstić information content (AvgIpc) is 3.02. The molecule has 8 nitrogen and oxygen atoms in total. The van der Waals surface area contributed by atoms with Gasteiger partial charge in [0.1, 0.15) is 12.1 Å². The zero-order chi connectivity index (χ0) is 29.9. The van der Waals surface area contributed by atoms with Gasteiger partial charge in [-0.25, -0.2) is 0 Å². The summed E-state index contributed by atoms with van der Waals surface area (Å²) < 4.78 is 0. The van der Waals surface area contributed by atoms with E-state index in [9.17, 15) is 19.2 Å². The molecule has 1 aliphatic heterocycles. The van der Waals surface area contributed by atoms with Crippen molar-refractivity contribution in [2.75, 3.05) is 6.54 Å². The zero-order valence-electron chi connectivity index (χ0n) is 24.3. The van der Waals surface area contributed by atoms with Gasteiger partial charge in [-0.3, -0.25) is 19.2 Å². The first-order chi connectivity index (χ1) is 20.3. The summed E-state index contributed by atoms with van der Waals surface area (Å²) in [5.41, 5.74) is 3.31. The molecule has 0 aromatic heterocycles. The highest BCUT2D eigenvalue weighted by Crippen LogP contribution is 2.20. The van der Waals surface area contributed by atoms with E-state index in [4.69, 9.17) is 0 Å². The van der Waals surface area contributed by atoms with Crippen molar-refractivity contribution in [1.29, 1.82) is 0 Å². The molecule has 4 amide bonds. The Labute approximate surface area is 247 Å². The third-order valence-corrected chi connectivity index (χ3v) is 7.71. The minimum absolute atomic E-state index is 0.0873. The van der Waals surface area contributed by atoms with E-state index >= 15 is 0 Å². The molecule has 1 heterocycles. The maximum absolute atomic E-state index is 13.7. The number of piperidine rings is 1. The van der Waals surface area contributed by atoms with Gasteiger partial charge in [-0.2, -0.15) is 0 Å². The summed E-state index contributed by atoms with van der Waals surface area (Å²) in [6, 6.07) is 24.6. The number of amides is 4. The van der Waals surface area contributed by atoms with Crippen LogP contribution in [0.1, 0.15) is 55.5 Å². The predicted octanol–water partition coefficient (Wildman–Crippen LogP) is 4.01. The molecule has 0 spiro atoms. The minimum Gasteiger partial charge on any atom is -0.356 e. The Morgan fingerprint density at radius 1 is 0.810 bits per heavy atom. The number of hydrogen-bond donors (Lipinski definition) is 4. The topological polar surface area (TPSA) is 116 Å². The van der Waals surface area contributed by atoms with Crippen molar-refractivity contribution < 1.29 is 19.2 Å². The molecule has 0 bridgehead atoms. The molecule has 0 radical (unpaired) electrons. The summed E-state index contributed by atoms with van der Waals surface area (Å²) in [4.78, 5) is 52.8. The van der Waals surface area contributed by atoms with Gasteiger partial charge >= 0.3 is 0 Å². The van der Waals surface area contributed by atoms with E-state index in [1.807, 2.05) is 86.6 Å². The summed E-state index contributed by atoms with van der Waals surface area (Å²) in [6.45, 7) is 4.47. The fraction of sp³-hybridized carbons (Fsp3) is 0.353. The lowest BCUT2D eigenvalue weighted by Gasteiger charge is -2.28. The van der Waals surface area contributed by atoms with E-state index in [1.54, 1.807) is 12.1 Å². The van der Waals surface area contributed by atoms with Crippen molar-refractivity contribution in [3.8, 4) is 11.1 Å². The lowest BCUT2D eigenvalue weighted by molar-refractivity contribution is -0.132. The SMILES string of the molecule is CCC(C)NC(=O)[C@@H](C[C@H]1CCCNC1=O)NC(=O)[C@H](Cc1ccccc1)NC(=O)c1ccc(-c2ccccc2)cc1. The molecule has 4 atom stereocenters. The minimum atomic E-state index is -0.937. The second-order valence-corrected chi connectivity index (χ2v) is 10.9. The summed E-state index contributed by atoms with van der Waals surface area (Å²) in [6.07, 6.45) is 2.63. The first-order valence-corrected chi connectivity index (χ1v) is 14.7. The number of hydrogen-bond acceptors (Lipinski definition) is 4. The third kappa shape index (κ3) is 8.52. The maximum atomic E-state index is 13.7. The molecular formula is C34H40N4O4. The summed E-state index contributed by atoms with van der Waals surface area (Å²) in [5, 5.41) is 11.6. The van der Waals surface area contributed by atoms with Crippen molar-refractivity contribution in [2.24, 2.45) is 5.92 Å². The van der Waals surface area contributed by atoms with Gasteiger partial charge in [0.25, 0.3) is 5.91 Å². The molecule has 8 heteroatoms. The molecule has 42 heavy (non-hydrogen) atoms. The largest absolute Gasteiger partial charge is 0.356 e. The van der Waals surface area contributed by atoms with Crippen LogP contribution in [0.5, 0.6) is 0 Å². The lowest BCUT2D eigenvalue weighted by Crippen LogP contribution is -2.56. The first kappa shape index (κ1) is 30.5. The van der Waals surface area contributed by atoms with Crippen molar-refractivity contribution in [2.45, 2.75) is 64.1 Å². The Balaban J connectivity index is 1.52. The maximum Gasteiger partial charge on any atom is 0.251 e. The Bertz CT molecular complexity index is 1340. The fourth-order valence-electron chi connectivity index (χ4n) is 5.04. The highest BCUT2D eigenvalue weighted by Gasteiger charge is 2.32. The highest BCUT2D eigenvalue weighted by atomic mass is 16.2. The fourth-order valence-corrected chi connectivity index (χ4v) is 5.04. The van der Waals surface area contributed by atoms with Crippen LogP contribution in [0.2, 0.25) is 0 Å². The number of carbonyl (C=O) groups excluding carboxylic acids is 4. The molecular weight excluding hydrogens is 528 g/mol. The lowest BCUT2D eigenvalue weighted by atomic mass is 9.91. The van der Waals surface area contributed by atoms with Gasteiger partial charge in [0, 0.05) is 30.5 Å². The molecule has 1 fully saturated rings. The molecule has 1 aliphatic rings. The second-order valence-electron chi connectivity index (χ2n) is 10.9. The quantitative estimate of drug-likeness (QED) is 0.264. The normalized spacial score (nSPS) is 16.8. The van der Waals surface area contributed by atoms with Gasteiger partial charge in [0.15, 0.2) is 0 Å². The van der Waals surface area contributed by atoms with Crippen molar-refractivity contribution in [3.63, 3.8) is 0 Å². The molecule has 1 unspecified atom stereocenters. The van der Waals surface area contributed by atoms with E-state index in [-0.39, 0.29) is 36.6 Å². The van der Waals surface area contributed by atoms with Crippen LogP contribution in [0, 0.1) is 5.92 Å². The molecule has 0 aliphatic carbocycles. The van der Waals surface area contributed by atoms with Crippen LogP contribution in [0.4, 0.5) is 0 Å². The van der Waals surface area contributed by atoms with Gasteiger partial charge in [-0.15, -0.1) is 0 Å². The van der Waals surface area contributed by atoms with Gasteiger partial charge < -0.3 is 21.3 Å². The Morgan fingerprint density at radius 3 is 2.07 bits per heavy atom. The highest BCUT2D eigenvalue weighted by molar-refractivity contribution is 5.99. The van der Waals surface area contributed by atoms with Crippen molar-refractivity contribution in [3.05, 3.63) is 96.1 Å². The van der Waals surface area contributed by atoms with Gasteiger partial charge in [-0.05, 0) is 61.4 Å². The number of carbonyl (C=O) groups is 4. The van der Waals surface area contributed by atoms with Crippen LogP contribution in [-0.4, -0.2) is 48.3 Å². The van der Waals surface area contributed by atoms with Crippen LogP contribution in [-0.2, 0) is 20.8 Å². The molecule has 1 saturated heterocycles. The monoisotopic (exact) mass is 568 g/mol.